The van der Waals surface area contributed by atoms with Gasteiger partial charge in [0.05, 0.1) is 0 Å². The molecule has 96 valence electrons. The SMILES string of the molecule is CCC(C)N(CC)CCNC1CCCCC1. The fourth-order valence-electron chi connectivity index (χ4n) is 2.67. The second kappa shape index (κ2) is 8.08. The predicted octanol–water partition coefficient (Wildman–Crippen LogP) is 3.03. The molecule has 0 bridgehead atoms. The third-order valence-corrected chi connectivity index (χ3v) is 4.06. The molecular weight excluding hydrogens is 196 g/mol. The number of hydrogen-bond acceptors (Lipinski definition) is 2. The number of likely N-dealkylation sites (N-methyl/N-ethyl adjacent to an activating group) is 1. The lowest BCUT2D eigenvalue weighted by molar-refractivity contribution is 0.209. The molecule has 2 nitrogen and oxygen atoms in total. The summed E-state index contributed by atoms with van der Waals surface area (Å²) in [5.74, 6) is 0. The highest BCUT2D eigenvalue weighted by molar-refractivity contribution is 4.73. The van der Waals surface area contributed by atoms with Crippen LogP contribution in [-0.2, 0) is 0 Å². The van der Waals surface area contributed by atoms with Crippen LogP contribution in [0.2, 0.25) is 0 Å². The summed E-state index contributed by atoms with van der Waals surface area (Å²) in [7, 11) is 0. The number of hydrogen-bond donors (Lipinski definition) is 1. The van der Waals surface area contributed by atoms with Crippen LogP contribution in [0, 0.1) is 0 Å². The Bertz CT molecular complexity index is 164. The molecule has 16 heavy (non-hydrogen) atoms. The molecule has 0 spiro atoms. The van der Waals surface area contributed by atoms with Crippen LogP contribution in [0.4, 0.5) is 0 Å². The Hall–Kier alpha value is -0.0800. The lowest BCUT2D eigenvalue weighted by Gasteiger charge is -2.29. The highest BCUT2D eigenvalue weighted by Gasteiger charge is 2.13. The normalized spacial score (nSPS) is 20.2. The second-order valence-corrected chi connectivity index (χ2v) is 5.17. The van der Waals surface area contributed by atoms with Gasteiger partial charge in [-0.3, -0.25) is 4.90 Å². The second-order valence-electron chi connectivity index (χ2n) is 5.17. The zero-order valence-electron chi connectivity index (χ0n) is 11.5. The van der Waals surface area contributed by atoms with Crippen molar-refractivity contribution in [1.82, 2.24) is 10.2 Å². The van der Waals surface area contributed by atoms with E-state index in [1.54, 1.807) is 0 Å². The maximum atomic E-state index is 3.72. The van der Waals surface area contributed by atoms with Crippen molar-refractivity contribution in [2.45, 2.75) is 71.4 Å². The van der Waals surface area contributed by atoms with E-state index in [0.29, 0.717) is 0 Å². The summed E-state index contributed by atoms with van der Waals surface area (Å²) in [5, 5.41) is 3.72. The van der Waals surface area contributed by atoms with Crippen LogP contribution in [0.5, 0.6) is 0 Å². The van der Waals surface area contributed by atoms with Gasteiger partial charge in [-0.05, 0) is 32.7 Å². The fraction of sp³-hybridized carbons (Fsp3) is 1.00. The first-order valence-electron chi connectivity index (χ1n) is 7.25. The summed E-state index contributed by atoms with van der Waals surface area (Å²) < 4.78 is 0. The molecular formula is C14H30N2. The van der Waals surface area contributed by atoms with Crippen LogP contribution in [0.3, 0.4) is 0 Å². The van der Waals surface area contributed by atoms with Crippen molar-refractivity contribution in [3.05, 3.63) is 0 Å². The Kier molecular flexibility index (Phi) is 7.06. The quantitative estimate of drug-likeness (QED) is 0.718. The molecule has 0 radical (unpaired) electrons. The molecule has 1 aliphatic carbocycles. The Morgan fingerprint density at radius 3 is 2.44 bits per heavy atom. The number of nitrogens with one attached hydrogen (secondary N) is 1. The monoisotopic (exact) mass is 226 g/mol. The number of rotatable bonds is 7. The molecule has 0 aromatic carbocycles. The van der Waals surface area contributed by atoms with Gasteiger partial charge < -0.3 is 5.32 Å². The topological polar surface area (TPSA) is 15.3 Å². The summed E-state index contributed by atoms with van der Waals surface area (Å²) >= 11 is 0. The minimum atomic E-state index is 0.734. The Morgan fingerprint density at radius 2 is 1.88 bits per heavy atom. The van der Waals surface area contributed by atoms with Crippen molar-refractivity contribution in [2.24, 2.45) is 0 Å². The van der Waals surface area contributed by atoms with Gasteiger partial charge in [-0.1, -0.05) is 33.1 Å². The Morgan fingerprint density at radius 1 is 1.19 bits per heavy atom. The zero-order valence-corrected chi connectivity index (χ0v) is 11.5. The van der Waals surface area contributed by atoms with E-state index in [-0.39, 0.29) is 0 Å². The van der Waals surface area contributed by atoms with Gasteiger partial charge >= 0.3 is 0 Å². The van der Waals surface area contributed by atoms with Gasteiger partial charge in [-0.25, -0.2) is 0 Å². The lowest BCUT2D eigenvalue weighted by atomic mass is 9.95. The minimum absolute atomic E-state index is 0.734. The van der Waals surface area contributed by atoms with Crippen molar-refractivity contribution in [2.75, 3.05) is 19.6 Å². The van der Waals surface area contributed by atoms with Crippen molar-refractivity contribution < 1.29 is 0 Å². The van der Waals surface area contributed by atoms with Crippen LogP contribution >= 0.6 is 0 Å². The van der Waals surface area contributed by atoms with Gasteiger partial charge in [0.1, 0.15) is 0 Å². The van der Waals surface area contributed by atoms with Gasteiger partial charge in [0.15, 0.2) is 0 Å². The summed E-state index contributed by atoms with van der Waals surface area (Å²) in [4.78, 5) is 2.58. The maximum Gasteiger partial charge on any atom is 0.0110 e. The molecule has 2 heteroatoms. The van der Waals surface area contributed by atoms with E-state index in [0.717, 1.165) is 12.1 Å². The van der Waals surface area contributed by atoms with E-state index in [1.807, 2.05) is 0 Å². The van der Waals surface area contributed by atoms with Crippen LogP contribution in [0.1, 0.15) is 59.3 Å². The molecule has 0 aromatic rings. The molecule has 0 heterocycles. The van der Waals surface area contributed by atoms with Crippen LogP contribution in [0.15, 0.2) is 0 Å². The molecule has 1 N–H and O–H groups in total. The summed E-state index contributed by atoms with van der Waals surface area (Å²) in [6.07, 6.45) is 8.37. The molecule has 0 aromatic heterocycles. The highest BCUT2D eigenvalue weighted by atomic mass is 15.2. The van der Waals surface area contributed by atoms with E-state index >= 15 is 0 Å². The number of nitrogens with zero attached hydrogens (tertiary/aromatic N) is 1. The van der Waals surface area contributed by atoms with Gasteiger partial charge in [0, 0.05) is 25.2 Å². The molecule has 1 fully saturated rings. The molecule has 0 aliphatic heterocycles. The van der Waals surface area contributed by atoms with Gasteiger partial charge in [0.2, 0.25) is 0 Å². The average molecular weight is 226 g/mol. The van der Waals surface area contributed by atoms with Crippen molar-refractivity contribution in [3.8, 4) is 0 Å². The van der Waals surface area contributed by atoms with Crippen molar-refractivity contribution >= 4 is 0 Å². The average Bonchev–Trinajstić information content (AvgIpc) is 2.35. The van der Waals surface area contributed by atoms with Crippen molar-refractivity contribution in [3.63, 3.8) is 0 Å². The first-order valence-corrected chi connectivity index (χ1v) is 7.25. The van der Waals surface area contributed by atoms with Gasteiger partial charge in [-0.15, -0.1) is 0 Å². The van der Waals surface area contributed by atoms with Crippen molar-refractivity contribution in [1.29, 1.82) is 0 Å². The Labute approximate surface area is 102 Å². The summed E-state index contributed by atoms with van der Waals surface area (Å²) in [6.45, 7) is 10.4. The fourth-order valence-corrected chi connectivity index (χ4v) is 2.67. The Balaban J connectivity index is 2.12. The van der Waals surface area contributed by atoms with E-state index in [1.165, 1.54) is 58.2 Å². The van der Waals surface area contributed by atoms with E-state index in [9.17, 15) is 0 Å². The lowest BCUT2D eigenvalue weighted by Crippen LogP contribution is -2.41. The molecule has 0 amide bonds. The van der Waals surface area contributed by atoms with Crippen LogP contribution < -0.4 is 5.32 Å². The molecule has 1 rings (SSSR count). The third kappa shape index (κ3) is 4.84. The molecule has 1 saturated carbocycles. The van der Waals surface area contributed by atoms with Crippen LogP contribution in [-0.4, -0.2) is 36.6 Å². The molecule has 0 saturated heterocycles. The predicted molar refractivity (Wildman–Crippen MR) is 71.9 cm³/mol. The minimum Gasteiger partial charge on any atom is -0.313 e. The standard InChI is InChI=1S/C14H30N2/c1-4-13(3)16(5-2)12-11-15-14-9-7-6-8-10-14/h13-15H,4-12H2,1-3H3. The molecule has 1 atom stereocenters. The van der Waals surface area contributed by atoms with E-state index in [4.69, 9.17) is 0 Å². The smallest absolute Gasteiger partial charge is 0.0110 e. The van der Waals surface area contributed by atoms with Gasteiger partial charge in [-0.2, -0.15) is 0 Å². The summed E-state index contributed by atoms with van der Waals surface area (Å²) in [5.41, 5.74) is 0. The molecule has 1 unspecified atom stereocenters. The third-order valence-electron chi connectivity index (χ3n) is 4.06. The van der Waals surface area contributed by atoms with E-state index in [2.05, 4.69) is 31.0 Å². The summed E-state index contributed by atoms with van der Waals surface area (Å²) in [6, 6.07) is 1.54. The first kappa shape index (κ1) is 14.0. The van der Waals surface area contributed by atoms with Crippen LogP contribution in [0.25, 0.3) is 0 Å². The first-order chi connectivity index (χ1) is 7.77. The largest absolute Gasteiger partial charge is 0.313 e. The van der Waals surface area contributed by atoms with E-state index < -0.39 is 0 Å². The van der Waals surface area contributed by atoms with Gasteiger partial charge in [0.25, 0.3) is 0 Å². The highest BCUT2D eigenvalue weighted by Crippen LogP contribution is 2.17. The zero-order chi connectivity index (χ0) is 11.8. The molecule has 1 aliphatic rings. The maximum absolute atomic E-state index is 3.72.